The molecule has 2 heterocycles. The Morgan fingerprint density at radius 3 is 1.33 bits per heavy atom. The number of nitrogens with zero attached hydrogens (tertiary/aromatic N) is 4. The topological polar surface area (TPSA) is 273 Å². The fraction of sp³-hybridized carbons (Fsp3) is 0.674. The van der Waals surface area contributed by atoms with Crippen molar-refractivity contribution in [3.05, 3.63) is 0 Å². The minimum Gasteiger partial charge on any atom is -0.481 e. The molecule has 2 aliphatic heterocycles. The number of halogens is 2. The van der Waals surface area contributed by atoms with E-state index in [-0.39, 0.29) is 76.4 Å². The average molecular weight is 984 g/mol. The van der Waals surface area contributed by atoms with Gasteiger partial charge in [-0.3, -0.25) is 24.0 Å². The van der Waals surface area contributed by atoms with Crippen LogP contribution < -0.4 is 20.8 Å². The van der Waals surface area contributed by atoms with E-state index in [1.165, 1.54) is 10.0 Å². The molecule has 380 valence electrons. The molecule has 66 heavy (non-hydrogen) atoms. The van der Waals surface area contributed by atoms with E-state index in [0.29, 0.717) is 32.4 Å². The highest BCUT2D eigenvalue weighted by atomic mass is 35.5. The van der Waals surface area contributed by atoms with Crippen molar-refractivity contribution in [1.82, 2.24) is 30.8 Å². The second-order valence-corrected chi connectivity index (χ2v) is 16.2. The van der Waals surface area contributed by atoms with Crippen LogP contribution in [0.25, 0.3) is 0 Å². The summed E-state index contributed by atoms with van der Waals surface area (Å²) in [5.41, 5.74) is 0.0662. The molecule has 0 atom stereocenters. The van der Waals surface area contributed by atoms with Gasteiger partial charge in [0.15, 0.2) is 0 Å². The number of carbonyl (C=O) groups excluding carboxylic acids is 7. The molecule has 0 aromatic heterocycles. The van der Waals surface area contributed by atoms with Gasteiger partial charge < -0.3 is 40.0 Å². The van der Waals surface area contributed by atoms with Crippen LogP contribution in [0, 0.1) is 25.2 Å². The number of aliphatic carboxylic acids is 1. The zero-order valence-corrected chi connectivity index (χ0v) is 41.7. The third-order valence-electron chi connectivity index (χ3n) is 6.33. The highest BCUT2D eigenvalue weighted by Crippen LogP contribution is 2.10. The number of carbonyl (C=O) groups is 8. The third kappa shape index (κ3) is 49.4. The van der Waals surface area contributed by atoms with Gasteiger partial charge in [0.1, 0.15) is 29.0 Å². The van der Waals surface area contributed by atoms with Gasteiger partial charge in [-0.25, -0.2) is 29.2 Å². The normalized spacial score (nSPS) is 12.2. The van der Waals surface area contributed by atoms with Gasteiger partial charge in [-0.15, -0.1) is 37.6 Å². The fourth-order valence-corrected chi connectivity index (χ4v) is 4.04. The predicted molar refractivity (Wildman–Crippen MR) is 257 cm³/mol. The van der Waals surface area contributed by atoms with Crippen molar-refractivity contribution in [1.29, 1.82) is 0 Å². The smallest absolute Gasteiger partial charge is 0.407 e. The number of carboxylic acid groups (broad SMARTS) is 1. The van der Waals surface area contributed by atoms with Crippen LogP contribution >= 0.6 is 24.2 Å². The molecule has 0 aliphatic carbocycles. The number of ketones is 1. The fourth-order valence-electron chi connectivity index (χ4n) is 3.94. The van der Waals surface area contributed by atoms with Gasteiger partial charge in [-0.1, -0.05) is 7.43 Å². The van der Waals surface area contributed by atoms with Gasteiger partial charge >= 0.3 is 30.2 Å². The molecule has 0 unspecified atom stereocenters. The van der Waals surface area contributed by atoms with E-state index in [9.17, 15) is 38.4 Å². The standard InChI is InChI=1S/C12H21NO5.C11H19N3O3.C8H15NO4.C6H10ClN3O.C3H4.C2H2.CH4.ClH/c1-5-17-10(15)8-9(14)6-7-13-11(16)18-12(2,3)4;1-11(2,3)17-10(16)12-6-5-8-7-9(15)14(4)13-8;1-8(2,3)13-7(12)9-5-4-6(10)11;1-10-6(11)4-5(9-10)2-3-8-7;1-3-2;1-2;;/h5-8H2,1-4H3,(H,13,16);5-7H2,1-4H3,(H,12,16);4-5H2,1-3H3,(H,9,12)(H,10,11);8H,2-4H2,1H3;1H,2H3;1-2H;1H4;1H. The van der Waals surface area contributed by atoms with Crippen molar-refractivity contribution in [2.45, 2.75) is 145 Å². The lowest BCUT2D eigenvalue weighted by Crippen LogP contribution is -2.33. The highest BCUT2D eigenvalue weighted by Gasteiger charge is 2.22. The van der Waals surface area contributed by atoms with E-state index in [2.05, 4.69) is 60.9 Å². The molecular weight excluding hydrogens is 907 g/mol. The molecule has 5 amide bonds. The first kappa shape index (κ1) is 72.0. The number of ether oxygens (including phenoxy) is 4. The monoisotopic (exact) mass is 982 g/mol. The van der Waals surface area contributed by atoms with E-state index >= 15 is 0 Å². The highest BCUT2D eigenvalue weighted by molar-refractivity contribution is 6.13. The molecule has 0 spiro atoms. The Bertz CT molecular complexity index is 1610. The molecule has 0 aromatic carbocycles. The predicted octanol–water partition coefficient (Wildman–Crippen LogP) is 5.81. The minimum absolute atomic E-state index is 0. The first-order chi connectivity index (χ1) is 29.5. The number of alkyl carbamates (subject to hydrolysis) is 3. The average Bonchev–Trinajstić information content (AvgIpc) is 3.63. The van der Waals surface area contributed by atoms with Crippen molar-refractivity contribution in [3.63, 3.8) is 0 Å². The first-order valence-electron chi connectivity index (χ1n) is 20.0. The lowest BCUT2D eigenvalue weighted by atomic mass is 10.2. The summed E-state index contributed by atoms with van der Waals surface area (Å²) in [5.74, 6) is 0.521. The number of hydrogen-bond acceptors (Lipinski definition) is 15. The summed E-state index contributed by atoms with van der Waals surface area (Å²) in [6, 6.07) is 0. The van der Waals surface area contributed by atoms with Crippen LogP contribution in [0.2, 0.25) is 0 Å². The molecule has 21 nitrogen and oxygen atoms in total. The Hall–Kier alpha value is -5.64. The van der Waals surface area contributed by atoms with E-state index in [1.807, 2.05) is 0 Å². The number of esters is 1. The number of carboxylic acids is 1. The second kappa shape index (κ2) is 39.7. The SMILES string of the molecule is C.C#C.C#CC.CC(C)(C)OC(=O)NCCC(=O)O.CCOC(=O)CC(=O)CCNC(=O)OC(C)(C)C.CN1N=C(CCNC(=O)OC(C)(C)C)CC1=O.CN1N=C(CCNCl)CC1=O.Cl. The molecule has 0 radical (unpaired) electrons. The molecule has 5 N–H and O–H groups in total. The van der Waals surface area contributed by atoms with Gasteiger partial charge in [0.25, 0.3) is 0 Å². The van der Waals surface area contributed by atoms with Gasteiger partial charge in [0, 0.05) is 71.0 Å². The lowest BCUT2D eigenvalue weighted by Gasteiger charge is -2.19. The molecule has 23 heteroatoms. The Morgan fingerprint density at radius 2 is 1.05 bits per heavy atom. The van der Waals surface area contributed by atoms with Crippen LogP contribution in [0.5, 0.6) is 0 Å². The molecular formula is C43H76Cl2N8O13. The van der Waals surface area contributed by atoms with Crippen LogP contribution in [0.1, 0.15) is 129 Å². The van der Waals surface area contributed by atoms with Crippen molar-refractivity contribution in [2.24, 2.45) is 10.2 Å². The van der Waals surface area contributed by atoms with E-state index in [0.717, 1.165) is 17.8 Å². The Labute approximate surface area is 403 Å². The lowest BCUT2D eigenvalue weighted by molar-refractivity contribution is -0.145. The zero-order valence-electron chi connectivity index (χ0n) is 40.1. The Balaban J connectivity index is -0.000000176. The van der Waals surface area contributed by atoms with Gasteiger partial charge in [0.2, 0.25) is 11.8 Å². The van der Waals surface area contributed by atoms with Crippen LogP contribution in [-0.4, -0.2) is 138 Å². The zero-order chi connectivity index (χ0) is 50.7. The second-order valence-electron chi connectivity index (χ2n) is 15.9. The molecule has 0 saturated heterocycles. The molecule has 0 fully saturated rings. The van der Waals surface area contributed by atoms with Crippen LogP contribution in [0.4, 0.5) is 14.4 Å². The number of Topliss-reactive ketones (excluding diaryl/α,β-unsaturated/α-hetero) is 1. The van der Waals surface area contributed by atoms with Gasteiger partial charge in [-0.05, 0) is 87.9 Å². The third-order valence-corrected chi connectivity index (χ3v) is 6.52. The number of nitrogens with one attached hydrogen (secondary N) is 4. The summed E-state index contributed by atoms with van der Waals surface area (Å²) >= 11 is 5.25. The van der Waals surface area contributed by atoms with Crippen LogP contribution in [-0.2, 0) is 42.9 Å². The van der Waals surface area contributed by atoms with Gasteiger partial charge in [-0.2, -0.15) is 10.2 Å². The summed E-state index contributed by atoms with van der Waals surface area (Å²) in [5, 5.41) is 26.4. The summed E-state index contributed by atoms with van der Waals surface area (Å²) < 4.78 is 19.6. The summed E-state index contributed by atoms with van der Waals surface area (Å²) in [4.78, 5) is 90.4. The summed E-state index contributed by atoms with van der Waals surface area (Å²) in [7, 11) is 3.28. The number of rotatable bonds is 15. The number of hydrazone groups is 2. The number of terminal acetylenes is 2. The maximum Gasteiger partial charge on any atom is 0.407 e. The molecule has 0 saturated carbocycles. The number of amides is 5. The van der Waals surface area contributed by atoms with E-state index < -0.39 is 47.0 Å². The Morgan fingerprint density at radius 1 is 0.712 bits per heavy atom. The van der Waals surface area contributed by atoms with Crippen molar-refractivity contribution in [3.8, 4) is 25.2 Å². The van der Waals surface area contributed by atoms with Crippen molar-refractivity contribution >= 4 is 83.4 Å². The summed E-state index contributed by atoms with van der Waals surface area (Å²) in [6.45, 7) is 20.8. The summed E-state index contributed by atoms with van der Waals surface area (Å²) in [6.07, 6.45) is 12.8. The minimum atomic E-state index is -0.948. The maximum atomic E-state index is 11.3. The number of hydrogen-bond donors (Lipinski definition) is 5. The van der Waals surface area contributed by atoms with Crippen molar-refractivity contribution in [2.75, 3.05) is 46.9 Å². The first-order valence-corrected chi connectivity index (χ1v) is 20.4. The van der Waals surface area contributed by atoms with Crippen molar-refractivity contribution < 1.29 is 62.4 Å². The molecule has 2 rings (SSSR count). The van der Waals surface area contributed by atoms with Gasteiger partial charge in [0.05, 0.1) is 25.9 Å². The Kier molecular flexibility index (Phi) is 43.3. The van der Waals surface area contributed by atoms with Crippen LogP contribution in [0.15, 0.2) is 10.2 Å². The largest absolute Gasteiger partial charge is 0.481 e. The van der Waals surface area contributed by atoms with E-state index in [4.69, 9.17) is 31.1 Å². The quantitative estimate of drug-likeness (QED) is 0.0426. The maximum absolute atomic E-state index is 11.3. The molecule has 2 aliphatic rings. The van der Waals surface area contributed by atoms with Crippen LogP contribution in [0.3, 0.4) is 0 Å². The van der Waals surface area contributed by atoms with E-state index in [1.54, 1.807) is 90.3 Å². The molecule has 0 bridgehead atoms. The molecule has 0 aromatic rings.